The van der Waals surface area contributed by atoms with E-state index in [4.69, 9.17) is 5.73 Å². The Morgan fingerprint density at radius 3 is 2.78 bits per heavy atom. The summed E-state index contributed by atoms with van der Waals surface area (Å²) in [6, 6.07) is 9.70. The van der Waals surface area contributed by atoms with Crippen LogP contribution in [-0.4, -0.2) is 30.4 Å². The molecule has 3 N–H and O–H groups in total. The van der Waals surface area contributed by atoms with Crippen LogP contribution in [0.4, 0.5) is 5.69 Å². The van der Waals surface area contributed by atoms with Gasteiger partial charge in [0, 0.05) is 41.8 Å². The number of nitrogens with zero attached hydrogens (tertiary/aromatic N) is 1. The zero-order valence-corrected chi connectivity index (χ0v) is 14.4. The summed E-state index contributed by atoms with van der Waals surface area (Å²) in [4.78, 5) is 16.0. The normalized spacial score (nSPS) is 21.0. The van der Waals surface area contributed by atoms with E-state index in [0.29, 0.717) is 29.8 Å². The lowest BCUT2D eigenvalue weighted by molar-refractivity contribution is 0.0942. The summed E-state index contributed by atoms with van der Waals surface area (Å²) in [5.74, 6) is 0.514. The van der Waals surface area contributed by atoms with Gasteiger partial charge in [-0.05, 0) is 54.1 Å². The Hall–Kier alpha value is -1.85. The third kappa shape index (κ3) is 3.41. The van der Waals surface area contributed by atoms with Crippen molar-refractivity contribution in [3.8, 4) is 0 Å². The van der Waals surface area contributed by atoms with Gasteiger partial charge in [0.1, 0.15) is 0 Å². The second-order valence-corrected chi connectivity index (χ2v) is 7.14. The van der Waals surface area contributed by atoms with Crippen LogP contribution >= 0.6 is 11.3 Å². The second-order valence-electron chi connectivity index (χ2n) is 6.19. The largest absolute Gasteiger partial charge is 0.399 e. The third-order valence-electron chi connectivity index (χ3n) is 4.55. The summed E-state index contributed by atoms with van der Waals surface area (Å²) >= 11 is 1.84. The number of carbonyl (C=O) groups is 1. The highest BCUT2D eigenvalue weighted by molar-refractivity contribution is 7.10. The molecular formula is C18H23N3OS. The molecule has 1 aliphatic rings. The number of nitrogen functional groups attached to an aromatic ring is 1. The molecule has 0 spiro atoms. The van der Waals surface area contributed by atoms with Gasteiger partial charge in [-0.1, -0.05) is 6.92 Å². The molecule has 2 aromatic rings. The maximum atomic E-state index is 12.1. The van der Waals surface area contributed by atoms with Crippen LogP contribution < -0.4 is 11.1 Å². The van der Waals surface area contributed by atoms with Crippen molar-refractivity contribution in [3.63, 3.8) is 0 Å². The molecule has 23 heavy (non-hydrogen) atoms. The van der Waals surface area contributed by atoms with E-state index in [1.165, 1.54) is 10.4 Å². The van der Waals surface area contributed by atoms with Gasteiger partial charge >= 0.3 is 0 Å². The van der Waals surface area contributed by atoms with Crippen LogP contribution in [0.3, 0.4) is 0 Å². The minimum Gasteiger partial charge on any atom is -0.399 e. The molecule has 2 heterocycles. The van der Waals surface area contributed by atoms with Crippen molar-refractivity contribution >= 4 is 22.9 Å². The molecular weight excluding hydrogens is 306 g/mol. The van der Waals surface area contributed by atoms with E-state index in [1.54, 1.807) is 24.3 Å². The first-order valence-electron chi connectivity index (χ1n) is 8.01. The molecule has 122 valence electrons. The van der Waals surface area contributed by atoms with Gasteiger partial charge in [0.2, 0.25) is 0 Å². The third-order valence-corrected chi connectivity index (χ3v) is 5.65. The molecule has 3 rings (SSSR count). The Balaban J connectivity index is 1.55. The number of carbonyl (C=O) groups excluding carboxylic acids is 1. The number of nitrogens with two attached hydrogens (primary N) is 1. The molecule has 0 radical (unpaired) electrons. The number of rotatable bonds is 4. The van der Waals surface area contributed by atoms with Gasteiger partial charge in [-0.2, -0.15) is 0 Å². The Bertz CT molecular complexity index is 680. The number of thiophene rings is 1. The standard InChI is InChI=1S/C18H23N3OS/c1-12-11-21(13(2)17-16(12)7-10-23-17)9-8-20-18(22)14-3-5-15(19)6-4-14/h3-7,10,12-13H,8-9,11,19H2,1-2H3,(H,20,22). The van der Waals surface area contributed by atoms with Crippen LogP contribution in [0.5, 0.6) is 0 Å². The van der Waals surface area contributed by atoms with Crippen molar-refractivity contribution in [2.75, 3.05) is 25.4 Å². The average molecular weight is 329 g/mol. The first-order chi connectivity index (χ1) is 11.1. The molecule has 1 aromatic carbocycles. The van der Waals surface area contributed by atoms with E-state index < -0.39 is 0 Å². The quantitative estimate of drug-likeness (QED) is 0.847. The summed E-state index contributed by atoms with van der Waals surface area (Å²) in [7, 11) is 0. The van der Waals surface area contributed by atoms with E-state index in [9.17, 15) is 4.79 Å². The van der Waals surface area contributed by atoms with Gasteiger partial charge in [-0.3, -0.25) is 9.69 Å². The highest BCUT2D eigenvalue weighted by atomic mass is 32.1. The van der Waals surface area contributed by atoms with Crippen LogP contribution in [0, 0.1) is 0 Å². The van der Waals surface area contributed by atoms with Gasteiger partial charge in [0.25, 0.3) is 5.91 Å². The molecule has 0 fully saturated rings. The molecule has 1 aliphatic heterocycles. The summed E-state index contributed by atoms with van der Waals surface area (Å²) in [6.45, 7) is 7.09. The number of fused-ring (bicyclic) bond motifs is 1. The first-order valence-corrected chi connectivity index (χ1v) is 8.89. The lowest BCUT2D eigenvalue weighted by Gasteiger charge is -2.36. The van der Waals surface area contributed by atoms with E-state index in [0.717, 1.165) is 13.1 Å². The number of hydrogen-bond donors (Lipinski definition) is 2. The second kappa shape index (κ2) is 6.72. The van der Waals surface area contributed by atoms with Crippen LogP contribution in [0.25, 0.3) is 0 Å². The van der Waals surface area contributed by atoms with Gasteiger partial charge in [-0.15, -0.1) is 11.3 Å². The Morgan fingerprint density at radius 1 is 1.30 bits per heavy atom. The van der Waals surface area contributed by atoms with Crippen molar-refractivity contribution in [3.05, 3.63) is 51.7 Å². The summed E-state index contributed by atoms with van der Waals surface area (Å²) in [5, 5.41) is 5.19. The van der Waals surface area contributed by atoms with E-state index in [2.05, 4.69) is 35.5 Å². The van der Waals surface area contributed by atoms with Gasteiger partial charge in [0.05, 0.1) is 0 Å². The molecule has 0 saturated heterocycles. The Kier molecular flexibility index (Phi) is 4.68. The van der Waals surface area contributed by atoms with Crippen molar-refractivity contribution in [1.82, 2.24) is 10.2 Å². The minimum atomic E-state index is -0.0421. The van der Waals surface area contributed by atoms with E-state index in [-0.39, 0.29) is 5.91 Å². The Labute approximate surface area is 141 Å². The maximum absolute atomic E-state index is 12.1. The first kappa shape index (κ1) is 16.0. The maximum Gasteiger partial charge on any atom is 0.251 e. The molecule has 1 aromatic heterocycles. The van der Waals surface area contributed by atoms with Crippen LogP contribution in [0.15, 0.2) is 35.7 Å². The SMILES string of the molecule is CC1CN(CCNC(=O)c2ccc(N)cc2)C(C)c2sccc21. The number of benzene rings is 1. The lowest BCUT2D eigenvalue weighted by Crippen LogP contribution is -2.40. The summed E-state index contributed by atoms with van der Waals surface area (Å²) in [5.41, 5.74) is 8.46. The Morgan fingerprint density at radius 2 is 2.04 bits per heavy atom. The van der Waals surface area contributed by atoms with Crippen LogP contribution in [0.2, 0.25) is 0 Å². The van der Waals surface area contributed by atoms with Crippen LogP contribution in [0.1, 0.15) is 46.6 Å². The van der Waals surface area contributed by atoms with E-state index in [1.807, 2.05) is 11.3 Å². The predicted octanol–water partition coefficient (Wildman–Crippen LogP) is 3.24. The molecule has 2 unspecified atom stereocenters. The van der Waals surface area contributed by atoms with Gasteiger partial charge < -0.3 is 11.1 Å². The van der Waals surface area contributed by atoms with Crippen molar-refractivity contribution in [2.24, 2.45) is 0 Å². The minimum absolute atomic E-state index is 0.0421. The zero-order chi connectivity index (χ0) is 16.4. The molecule has 1 amide bonds. The number of amides is 1. The summed E-state index contributed by atoms with van der Waals surface area (Å²) < 4.78 is 0. The lowest BCUT2D eigenvalue weighted by atomic mass is 9.93. The highest BCUT2D eigenvalue weighted by Gasteiger charge is 2.28. The molecule has 5 heteroatoms. The van der Waals surface area contributed by atoms with Gasteiger partial charge in [0.15, 0.2) is 0 Å². The van der Waals surface area contributed by atoms with Crippen molar-refractivity contribution in [2.45, 2.75) is 25.8 Å². The average Bonchev–Trinajstić information content (AvgIpc) is 3.03. The topological polar surface area (TPSA) is 58.4 Å². The highest BCUT2D eigenvalue weighted by Crippen LogP contribution is 2.38. The van der Waals surface area contributed by atoms with Crippen molar-refractivity contribution < 1.29 is 4.79 Å². The predicted molar refractivity (Wildman–Crippen MR) is 95.9 cm³/mol. The molecule has 0 bridgehead atoms. The molecule has 4 nitrogen and oxygen atoms in total. The smallest absolute Gasteiger partial charge is 0.251 e. The number of hydrogen-bond acceptors (Lipinski definition) is 4. The van der Waals surface area contributed by atoms with Crippen LogP contribution in [-0.2, 0) is 0 Å². The molecule has 0 aliphatic carbocycles. The van der Waals surface area contributed by atoms with Gasteiger partial charge in [-0.25, -0.2) is 0 Å². The fourth-order valence-electron chi connectivity index (χ4n) is 3.19. The number of anilines is 1. The fourth-order valence-corrected chi connectivity index (χ4v) is 4.30. The molecule has 0 saturated carbocycles. The van der Waals surface area contributed by atoms with Crippen molar-refractivity contribution in [1.29, 1.82) is 0 Å². The number of nitrogens with one attached hydrogen (secondary N) is 1. The fraction of sp³-hybridized carbons (Fsp3) is 0.389. The monoisotopic (exact) mass is 329 g/mol. The molecule has 2 atom stereocenters. The summed E-state index contributed by atoms with van der Waals surface area (Å²) in [6.07, 6.45) is 0. The van der Waals surface area contributed by atoms with E-state index >= 15 is 0 Å². The zero-order valence-electron chi connectivity index (χ0n) is 13.6.